The number of rotatable bonds is 6. The Morgan fingerprint density at radius 3 is 2.69 bits per heavy atom. The summed E-state index contributed by atoms with van der Waals surface area (Å²) < 4.78 is 0. The van der Waals surface area contributed by atoms with Gasteiger partial charge in [-0.15, -0.1) is 6.58 Å². The van der Waals surface area contributed by atoms with Gasteiger partial charge in [-0.25, -0.2) is 0 Å². The summed E-state index contributed by atoms with van der Waals surface area (Å²) in [6, 6.07) is 9.66. The predicted octanol–water partition coefficient (Wildman–Crippen LogP) is 2.60. The van der Waals surface area contributed by atoms with E-state index in [2.05, 4.69) is 6.58 Å². The van der Waals surface area contributed by atoms with Gasteiger partial charge in [0.25, 0.3) is 0 Å². The number of allylic oxidation sites excluding steroid dienone is 1. The molecule has 0 bridgehead atoms. The van der Waals surface area contributed by atoms with Crippen LogP contribution in [0, 0.1) is 0 Å². The van der Waals surface area contributed by atoms with Gasteiger partial charge in [-0.3, -0.25) is 4.79 Å². The van der Waals surface area contributed by atoms with Crippen LogP contribution < -0.4 is 0 Å². The maximum atomic E-state index is 11.2. The molecule has 0 aliphatic rings. The molecule has 0 aromatic heterocycles. The van der Waals surface area contributed by atoms with Gasteiger partial charge in [0.1, 0.15) is 5.78 Å². The first-order valence-corrected chi connectivity index (χ1v) is 5.26. The molecule has 0 spiro atoms. The average molecular weight is 216 g/mol. The molecular weight excluding hydrogens is 200 g/mol. The van der Waals surface area contributed by atoms with Crippen molar-refractivity contribution in [2.45, 2.75) is 18.9 Å². The fourth-order valence-electron chi connectivity index (χ4n) is 1.33. The first kappa shape index (κ1) is 12.4. The monoisotopic (exact) mass is 216 g/mol. The average Bonchev–Trinajstić information content (AvgIpc) is 2.28. The van der Waals surface area contributed by atoms with Gasteiger partial charge in [0.2, 0.25) is 0 Å². The minimum Gasteiger partial charge on any atom is -0.389 e. The number of benzene rings is 1. The molecule has 0 aliphatic heterocycles. The number of hydrogen-bond donors (Lipinski definition) is 1. The van der Waals surface area contributed by atoms with Crippen molar-refractivity contribution in [3.8, 4) is 0 Å². The first-order chi connectivity index (χ1) is 7.72. The number of ketones is 1. The summed E-state index contributed by atoms with van der Waals surface area (Å²) in [4.78, 5) is 11.2. The van der Waals surface area contributed by atoms with E-state index in [0.29, 0.717) is 6.42 Å². The lowest BCUT2D eigenvalue weighted by molar-refractivity contribution is -0.119. The lowest BCUT2D eigenvalue weighted by atomic mass is 10.1. The number of aliphatic hydroxyl groups excluding tert-OH is 1. The molecule has 16 heavy (non-hydrogen) atoms. The van der Waals surface area contributed by atoms with Crippen LogP contribution in [0.25, 0.3) is 6.08 Å². The Morgan fingerprint density at radius 1 is 1.38 bits per heavy atom. The summed E-state index contributed by atoms with van der Waals surface area (Å²) in [6.45, 7) is 3.48. The Bertz CT molecular complexity index is 366. The third-order valence-electron chi connectivity index (χ3n) is 2.12. The van der Waals surface area contributed by atoms with Crippen LogP contribution in [0.2, 0.25) is 0 Å². The summed E-state index contributed by atoms with van der Waals surface area (Å²) in [5.41, 5.74) is 1.01. The largest absolute Gasteiger partial charge is 0.389 e. The normalized spacial score (nSPS) is 12.6. The van der Waals surface area contributed by atoms with Crippen LogP contribution in [0.4, 0.5) is 0 Å². The molecule has 0 heterocycles. The molecule has 1 rings (SSSR count). The van der Waals surface area contributed by atoms with E-state index in [1.165, 1.54) is 0 Å². The molecule has 1 N–H and O–H groups in total. The fourth-order valence-corrected chi connectivity index (χ4v) is 1.33. The predicted molar refractivity (Wildman–Crippen MR) is 65.9 cm³/mol. The molecule has 0 unspecified atom stereocenters. The van der Waals surface area contributed by atoms with Crippen LogP contribution in [0.3, 0.4) is 0 Å². The molecular formula is C14H16O2. The van der Waals surface area contributed by atoms with E-state index in [1.54, 1.807) is 12.2 Å². The van der Waals surface area contributed by atoms with Crippen molar-refractivity contribution in [3.05, 3.63) is 54.6 Å². The number of hydrogen-bond acceptors (Lipinski definition) is 2. The van der Waals surface area contributed by atoms with Crippen LogP contribution in [0.1, 0.15) is 18.4 Å². The Morgan fingerprint density at radius 2 is 2.06 bits per heavy atom. The van der Waals surface area contributed by atoms with Gasteiger partial charge < -0.3 is 5.11 Å². The Kier molecular flexibility index (Phi) is 5.23. The second kappa shape index (κ2) is 6.75. The second-order valence-electron chi connectivity index (χ2n) is 3.57. The minimum absolute atomic E-state index is 0.000196. The van der Waals surface area contributed by atoms with Crippen molar-refractivity contribution >= 4 is 11.9 Å². The molecule has 0 fully saturated rings. The smallest absolute Gasteiger partial charge is 0.139 e. The van der Waals surface area contributed by atoms with Gasteiger partial charge in [0.15, 0.2) is 0 Å². The SMILES string of the molecule is C=CCC(=O)C[C@H](O)/C=C/c1ccccc1. The van der Waals surface area contributed by atoms with Crippen LogP contribution in [-0.4, -0.2) is 17.0 Å². The summed E-state index contributed by atoms with van der Waals surface area (Å²) >= 11 is 0. The lowest BCUT2D eigenvalue weighted by Gasteiger charge is -2.02. The van der Waals surface area contributed by atoms with Gasteiger partial charge in [0, 0.05) is 12.8 Å². The molecule has 1 aromatic carbocycles. The zero-order valence-electron chi connectivity index (χ0n) is 9.17. The van der Waals surface area contributed by atoms with Crippen LogP contribution in [-0.2, 0) is 4.79 Å². The lowest BCUT2D eigenvalue weighted by Crippen LogP contribution is -2.09. The minimum atomic E-state index is -0.715. The van der Waals surface area contributed by atoms with Gasteiger partial charge in [-0.1, -0.05) is 48.6 Å². The van der Waals surface area contributed by atoms with Gasteiger partial charge in [0.05, 0.1) is 6.10 Å². The molecule has 0 amide bonds. The van der Waals surface area contributed by atoms with Crippen LogP contribution >= 0.6 is 0 Å². The van der Waals surface area contributed by atoms with Crippen LogP contribution in [0.15, 0.2) is 49.1 Å². The van der Waals surface area contributed by atoms with E-state index >= 15 is 0 Å². The first-order valence-electron chi connectivity index (χ1n) is 5.26. The van der Waals surface area contributed by atoms with Crippen molar-refractivity contribution in [2.24, 2.45) is 0 Å². The summed E-state index contributed by atoms with van der Waals surface area (Å²) in [7, 11) is 0. The van der Waals surface area contributed by atoms with E-state index in [1.807, 2.05) is 36.4 Å². The molecule has 0 aliphatic carbocycles. The number of carbonyl (C=O) groups is 1. The van der Waals surface area contributed by atoms with E-state index in [0.717, 1.165) is 5.56 Å². The zero-order chi connectivity index (χ0) is 11.8. The van der Waals surface area contributed by atoms with Crippen molar-refractivity contribution in [1.29, 1.82) is 0 Å². The molecule has 84 valence electrons. The fraction of sp³-hybridized carbons (Fsp3) is 0.214. The van der Waals surface area contributed by atoms with Crippen molar-refractivity contribution in [3.63, 3.8) is 0 Å². The third-order valence-corrected chi connectivity index (χ3v) is 2.12. The van der Waals surface area contributed by atoms with E-state index in [4.69, 9.17) is 0 Å². The van der Waals surface area contributed by atoms with E-state index in [-0.39, 0.29) is 12.2 Å². The van der Waals surface area contributed by atoms with Crippen molar-refractivity contribution in [1.82, 2.24) is 0 Å². The van der Waals surface area contributed by atoms with Gasteiger partial charge >= 0.3 is 0 Å². The summed E-state index contributed by atoms with van der Waals surface area (Å²) in [5, 5.41) is 9.57. The van der Waals surface area contributed by atoms with Crippen molar-refractivity contribution in [2.75, 3.05) is 0 Å². The van der Waals surface area contributed by atoms with Crippen LogP contribution in [0.5, 0.6) is 0 Å². The Balaban J connectivity index is 2.45. The Labute approximate surface area is 95.9 Å². The van der Waals surface area contributed by atoms with E-state index in [9.17, 15) is 9.90 Å². The summed E-state index contributed by atoms with van der Waals surface area (Å²) in [5.74, 6) is 0.000196. The maximum absolute atomic E-state index is 11.2. The molecule has 0 saturated heterocycles. The number of carbonyl (C=O) groups excluding carboxylic acids is 1. The second-order valence-corrected chi connectivity index (χ2v) is 3.57. The molecule has 0 saturated carbocycles. The molecule has 0 radical (unpaired) electrons. The number of aliphatic hydroxyl groups is 1. The molecule has 1 atom stereocenters. The zero-order valence-corrected chi connectivity index (χ0v) is 9.17. The molecule has 2 heteroatoms. The highest BCUT2D eigenvalue weighted by Crippen LogP contribution is 2.05. The quantitative estimate of drug-likeness (QED) is 0.742. The topological polar surface area (TPSA) is 37.3 Å². The highest BCUT2D eigenvalue weighted by atomic mass is 16.3. The third kappa shape index (κ3) is 4.71. The molecule has 1 aromatic rings. The highest BCUT2D eigenvalue weighted by molar-refractivity contribution is 5.80. The number of Topliss-reactive ketones (excluding diaryl/α,β-unsaturated/α-hetero) is 1. The van der Waals surface area contributed by atoms with Gasteiger partial charge in [-0.2, -0.15) is 0 Å². The molecule has 2 nitrogen and oxygen atoms in total. The summed E-state index contributed by atoms with van der Waals surface area (Å²) in [6.07, 6.45) is 4.75. The van der Waals surface area contributed by atoms with Crippen molar-refractivity contribution < 1.29 is 9.90 Å². The highest BCUT2D eigenvalue weighted by Gasteiger charge is 2.05. The maximum Gasteiger partial charge on any atom is 0.139 e. The van der Waals surface area contributed by atoms with Gasteiger partial charge in [-0.05, 0) is 5.56 Å². The standard InChI is InChI=1S/C14H16O2/c1-2-6-13(15)11-14(16)10-9-12-7-4-3-5-8-12/h2-5,7-10,14,16H,1,6,11H2/b10-9+/t14-/m1/s1. The van der Waals surface area contributed by atoms with E-state index < -0.39 is 6.10 Å². The Hall–Kier alpha value is -1.67.